The summed E-state index contributed by atoms with van der Waals surface area (Å²) in [4.78, 5) is 23.1. The number of Topliss-reactive ketones (excluding diaryl/α,β-unsaturated/α-hetero) is 1. The fourth-order valence-electron chi connectivity index (χ4n) is 2.28. The molecule has 0 fully saturated rings. The maximum Gasteiger partial charge on any atom is 0.248 e. The number of hydrogen-bond acceptors (Lipinski definition) is 3. The van der Waals surface area contributed by atoms with Crippen LogP contribution >= 0.6 is 0 Å². The molecular weight excluding hydrogens is 314 g/mol. The number of carbonyl (C=O) groups is 2. The van der Waals surface area contributed by atoms with Gasteiger partial charge in [-0.25, -0.2) is 0 Å². The van der Waals surface area contributed by atoms with E-state index in [9.17, 15) is 14.7 Å². The van der Waals surface area contributed by atoms with Crippen molar-refractivity contribution in [3.05, 3.63) is 89.4 Å². The zero-order valence-corrected chi connectivity index (χ0v) is 14.1. The molecule has 1 aromatic carbocycles. The molecule has 2 rings (SSSR count). The highest BCUT2D eigenvalue weighted by atomic mass is 16.3. The van der Waals surface area contributed by atoms with Crippen LogP contribution in [0.5, 0.6) is 0 Å². The highest BCUT2D eigenvalue weighted by molar-refractivity contribution is 6.03. The molecule has 1 aromatic rings. The first kappa shape index (κ1) is 18.2. The Balaban J connectivity index is 1.78. The second-order valence-corrected chi connectivity index (χ2v) is 5.58. The zero-order chi connectivity index (χ0) is 18.1. The maximum atomic E-state index is 11.7. The zero-order valence-electron chi connectivity index (χ0n) is 14.1. The van der Waals surface area contributed by atoms with E-state index in [2.05, 4.69) is 24.4 Å². The monoisotopic (exact) mass is 335 g/mol. The number of ketones is 1. The summed E-state index contributed by atoms with van der Waals surface area (Å²) in [5.74, 6) is -0.728. The Morgan fingerprint density at radius 1 is 1.04 bits per heavy atom. The molecule has 128 valence electrons. The molecule has 1 amide bonds. The minimum absolute atomic E-state index is 0.0138. The van der Waals surface area contributed by atoms with Crippen LogP contribution in [0.2, 0.25) is 0 Å². The van der Waals surface area contributed by atoms with Gasteiger partial charge in [0.05, 0.1) is 0 Å². The van der Waals surface area contributed by atoms with Crippen LogP contribution in [0.4, 0.5) is 0 Å². The number of rotatable bonds is 6. The normalized spacial score (nSPS) is 15.5. The lowest BCUT2D eigenvalue weighted by atomic mass is 10.1. The highest BCUT2D eigenvalue weighted by Gasteiger charge is 2.23. The number of carbonyl (C=O) groups excluding carboxylic acids is 2. The lowest BCUT2D eigenvalue weighted by molar-refractivity contribution is -0.119. The second kappa shape index (κ2) is 9.23. The number of benzene rings is 1. The first-order valence-corrected chi connectivity index (χ1v) is 8.08. The maximum absolute atomic E-state index is 11.7. The van der Waals surface area contributed by atoms with Crippen molar-refractivity contribution in [1.82, 2.24) is 5.32 Å². The van der Waals surface area contributed by atoms with Crippen molar-refractivity contribution in [2.75, 3.05) is 0 Å². The molecule has 0 saturated heterocycles. The molecule has 0 bridgehead atoms. The summed E-state index contributed by atoms with van der Waals surface area (Å²) < 4.78 is 0. The molecule has 1 aliphatic carbocycles. The van der Waals surface area contributed by atoms with E-state index < -0.39 is 5.91 Å². The summed E-state index contributed by atoms with van der Waals surface area (Å²) in [5, 5.41) is 11.9. The SMILES string of the molecule is Cc1ccccc1C=CC=CC=CC=CC(=O)NC1=C(O)CCC1=O. The number of amides is 1. The van der Waals surface area contributed by atoms with Crippen LogP contribution < -0.4 is 5.32 Å². The van der Waals surface area contributed by atoms with Crippen molar-refractivity contribution >= 4 is 17.8 Å². The van der Waals surface area contributed by atoms with E-state index in [1.165, 1.54) is 17.2 Å². The average molecular weight is 335 g/mol. The molecule has 0 atom stereocenters. The number of allylic oxidation sites excluding steroid dienone is 8. The van der Waals surface area contributed by atoms with Crippen molar-refractivity contribution in [2.24, 2.45) is 0 Å². The second-order valence-electron chi connectivity index (χ2n) is 5.58. The van der Waals surface area contributed by atoms with Crippen LogP contribution in [-0.4, -0.2) is 16.8 Å². The smallest absolute Gasteiger partial charge is 0.248 e. The lowest BCUT2D eigenvalue weighted by Gasteiger charge is -2.01. The highest BCUT2D eigenvalue weighted by Crippen LogP contribution is 2.17. The van der Waals surface area contributed by atoms with E-state index in [1.807, 2.05) is 36.4 Å². The van der Waals surface area contributed by atoms with E-state index in [0.29, 0.717) is 6.42 Å². The molecule has 0 saturated carbocycles. The largest absolute Gasteiger partial charge is 0.510 e. The fourth-order valence-corrected chi connectivity index (χ4v) is 2.28. The van der Waals surface area contributed by atoms with Crippen LogP contribution in [0, 0.1) is 6.92 Å². The number of aliphatic hydroxyl groups excluding tert-OH is 1. The Labute approximate surface area is 147 Å². The van der Waals surface area contributed by atoms with Crippen LogP contribution in [-0.2, 0) is 9.59 Å². The van der Waals surface area contributed by atoms with Crippen molar-refractivity contribution in [1.29, 1.82) is 0 Å². The van der Waals surface area contributed by atoms with Crippen molar-refractivity contribution in [3.8, 4) is 0 Å². The van der Waals surface area contributed by atoms with Crippen LogP contribution in [0.3, 0.4) is 0 Å². The van der Waals surface area contributed by atoms with Gasteiger partial charge in [-0.2, -0.15) is 0 Å². The van der Waals surface area contributed by atoms with Crippen LogP contribution in [0.25, 0.3) is 6.08 Å². The Morgan fingerprint density at radius 2 is 1.72 bits per heavy atom. The lowest BCUT2D eigenvalue weighted by Crippen LogP contribution is -2.24. The van der Waals surface area contributed by atoms with Crippen LogP contribution in [0.15, 0.2) is 78.3 Å². The molecule has 2 N–H and O–H groups in total. The molecule has 0 aliphatic heterocycles. The molecule has 0 unspecified atom stereocenters. The van der Waals surface area contributed by atoms with Gasteiger partial charge in [-0.1, -0.05) is 66.8 Å². The standard InChI is InChI=1S/C21H21NO3/c1-16-10-8-9-12-17(16)11-6-4-2-3-5-7-13-20(25)22-21-18(23)14-15-19(21)24/h2-13,23H,14-15H2,1H3,(H,22,25). The van der Waals surface area contributed by atoms with Gasteiger partial charge in [0.25, 0.3) is 0 Å². The molecular formula is C21H21NO3. The Kier molecular flexibility index (Phi) is 6.72. The first-order valence-electron chi connectivity index (χ1n) is 8.08. The molecule has 25 heavy (non-hydrogen) atoms. The van der Waals surface area contributed by atoms with Gasteiger partial charge in [0, 0.05) is 18.9 Å². The Bertz CT molecular complexity index is 795. The summed E-state index contributed by atoms with van der Waals surface area (Å²) >= 11 is 0. The van der Waals surface area contributed by atoms with E-state index in [-0.39, 0.29) is 23.7 Å². The van der Waals surface area contributed by atoms with Gasteiger partial charge in [-0.3, -0.25) is 9.59 Å². The third-order valence-corrected chi connectivity index (χ3v) is 3.67. The summed E-state index contributed by atoms with van der Waals surface area (Å²) in [7, 11) is 0. The van der Waals surface area contributed by atoms with Crippen molar-refractivity contribution in [2.45, 2.75) is 19.8 Å². The third-order valence-electron chi connectivity index (χ3n) is 3.67. The quantitative estimate of drug-likeness (QED) is 0.611. The van der Waals surface area contributed by atoms with Gasteiger partial charge >= 0.3 is 0 Å². The third kappa shape index (κ3) is 5.77. The van der Waals surface area contributed by atoms with Gasteiger partial charge in [0.1, 0.15) is 11.5 Å². The van der Waals surface area contributed by atoms with E-state index in [4.69, 9.17) is 0 Å². The summed E-state index contributed by atoms with van der Waals surface area (Å²) in [5.41, 5.74) is 2.41. The number of hydrogen-bond donors (Lipinski definition) is 2. The van der Waals surface area contributed by atoms with Gasteiger partial charge in [-0.05, 0) is 18.1 Å². The molecule has 4 nitrogen and oxygen atoms in total. The van der Waals surface area contributed by atoms with Crippen molar-refractivity contribution in [3.63, 3.8) is 0 Å². The summed E-state index contributed by atoms with van der Waals surface area (Å²) in [6.07, 6.45) is 14.6. The Hall–Kier alpha value is -3.14. The number of aliphatic hydroxyl groups is 1. The van der Waals surface area contributed by atoms with Gasteiger partial charge in [0.2, 0.25) is 5.91 Å². The van der Waals surface area contributed by atoms with E-state index in [1.54, 1.807) is 18.2 Å². The molecule has 1 aliphatic rings. The molecule has 0 heterocycles. The van der Waals surface area contributed by atoms with Crippen molar-refractivity contribution < 1.29 is 14.7 Å². The minimum Gasteiger partial charge on any atom is -0.510 e. The van der Waals surface area contributed by atoms with Gasteiger partial charge in [-0.15, -0.1) is 0 Å². The summed E-state index contributed by atoms with van der Waals surface area (Å²) in [6.45, 7) is 2.06. The van der Waals surface area contributed by atoms with Gasteiger partial charge < -0.3 is 10.4 Å². The fraction of sp³-hybridized carbons (Fsp3) is 0.143. The summed E-state index contributed by atoms with van der Waals surface area (Å²) in [6, 6.07) is 8.13. The van der Waals surface area contributed by atoms with E-state index in [0.717, 1.165) is 0 Å². The predicted octanol–water partition coefficient (Wildman–Crippen LogP) is 3.93. The number of nitrogens with one attached hydrogen (secondary N) is 1. The predicted molar refractivity (Wildman–Crippen MR) is 99.7 cm³/mol. The molecule has 0 radical (unpaired) electrons. The molecule has 0 aromatic heterocycles. The molecule has 4 heteroatoms. The Morgan fingerprint density at radius 3 is 2.40 bits per heavy atom. The van der Waals surface area contributed by atoms with Gasteiger partial charge in [0.15, 0.2) is 5.78 Å². The van der Waals surface area contributed by atoms with Crippen LogP contribution in [0.1, 0.15) is 24.0 Å². The topological polar surface area (TPSA) is 66.4 Å². The van der Waals surface area contributed by atoms with E-state index >= 15 is 0 Å². The average Bonchev–Trinajstić information content (AvgIpc) is 2.90. The molecule has 0 spiro atoms. The first-order chi connectivity index (χ1) is 12.1. The minimum atomic E-state index is -0.440. The number of aryl methyl sites for hydroxylation is 1.